The minimum Gasteiger partial charge on any atom is -0.493 e. The molecule has 0 spiro atoms. The van der Waals surface area contributed by atoms with Gasteiger partial charge in [0.15, 0.2) is 0 Å². The van der Waals surface area contributed by atoms with Gasteiger partial charge in [0, 0.05) is 28.3 Å². The second-order valence-electron chi connectivity index (χ2n) is 8.24. The van der Waals surface area contributed by atoms with Gasteiger partial charge in [-0.15, -0.1) is 0 Å². The fourth-order valence-corrected chi connectivity index (χ4v) is 4.74. The molecule has 28 heavy (non-hydrogen) atoms. The summed E-state index contributed by atoms with van der Waals surface area (Å²) < 4.78 is 21.9. The average Bonchev–Trinajstić information content (AvgIpc) is 3.38. The smallest absolute Gasteiger partial charge is 0.125 e. The van der Waals surface area contributed by atoms with Crippen molar-refractivity contribution < 1.29 is 9.13 Å². The van der Waals surface area contributed by atoms with Crippen LogP contribution in [0.5, 0.6) is 5.75 Å². The van der Waals surface area contributed by atoms with E-state index in [1.165, 1.54) is 11.1 Å². The lowest BCUT2D eigenvalue weighted by molar-refractivity contribution is 0.0965. The number of benzene rings is 2. The molecule has 4 rings (SSSR count). The van der Waals surface area contributed by atoms with E-state index in [9.17, 15) is 4.39 Å². The molecule has 2 aromatic rings. The standard InChI is InChI=1S/C23H28BrFN2O/c1-4-28-21-12-16(24)5-6-18(21)22-17-7-8-20(26)15(3)19(17)11-14(2)27(22)13-23(25)9-10-23/h5-8,12,14,22H,4,9-11,13,26H2,1-3H3/t14-,22?/m1/s1. The molecule has 2 aliphatic rings. The first kappa shape index (κ1) is 19.7. The molecule has 0 amide bonds. The van der Waals surface area contributed by atoms with E-state index >= 15 is 0 Å². The number of hydrogen-bond donors (Lipinski definition) is 1. The third-order valence-corrected chi connectivity index (χ3v) is 6.69. The van der Waals surface area contributed by atoms with Crippen LogP contribution in [0, 0.1) is 6.92 Å². The Morgan fingerprint density at radius 2 is 1.96 bits per heavy atom. The molecule has 0 saturated heterocycles. The van der Waals surface area contributed by atoms with Gasteiger partial charge in [-0.25, -0.2) is 4.39 Å². The summed E-state index contributed by atoms with van der Waals surface area (Å²) in [4.78, 5) is 2.33. The van der Waals surface area contributed by atoms with E-state index in [4.69, 9.17) is 10.5 Å². The van der Waals surface area contributed by atoms with Gasteiger partial charge in [0.2, 0.25) is 0 Å². The van der Waals surface area contributed by atoms with Gasteiger partial charge in [-0.3, -0.25) is 4.90 Å². The van der Waals surface area contributed by atoms with Gasteiger partial charge < -0.3 is 10.5 Å². The van der Waals surface area contributed by atoms with E-state index in [0.29, 0.717) is 26.0 Å². The number of hydrogen-bond acceptors (Lipinski definition) is 3. The first-order valence-electron chi connectivity index (χ1n) is 10.1. The quantitative estimate of drug-likeness (QED) is 0.609. The van der Waals surface area contributed by atoms with Crippen LogP contribution in [0.15, 0.2) is 34.8 Å². The number of anilines is 1. The largest absolute Gasteiger partial charge is 0.493 e. The Morgan fingerprint density at radius 1 is 1.25 bits per heavy atom. The lowest BCUT2D eigenvalue weighted by Crippen LogP contribution is -2.46. The second-order valence-corrected chi connectivity index (χ2v) is 9.16. The highest BCUT2D eigenvalue weighted by Crippen LogP contribution is 2.48. The van der Waals surface area contributed by atoms with Crippen LogP contribution >= 0.6 is 15.9 Å². The summed E-state index contributed by atoms with van der Waals surface area (Å²) in [5, 5.41) is 0. The van der Waals surface area contributed by atoms with Crippen molar-refractivity contribution in [2.45, 2.75) is 57.8 Å². The number of alkyl halides is 1. The van der Waals surface area contributed by atoms with Crippen LogP contribution in [0.3, 0.4) is 0 Å². The molecule has 1 fully saturated rings. The Morgan fingerprint density at radius 3 is 2.64 bits per heavy atom. The third-order valence-electron chi connectivity index (χ3n) is 6.20. The predicted octanol–water partition coefficient (Wildman–Crippen LogP) is 5.58. The number of rotatable bonds is 5. The van der Waals surface area contributed by atoms with Gasteiger partial charge in [-0.2, -0.15) is 0 Å². The lowest BCUT2D eigenvalue weighted by atomic mass is 9.82. The van der Waals surface area contributed by atoms with Crippen molar-refractivity contribution in [3.05, 3.63) is 57.1 Å². The highest BCUT2D eigenvalue weighted by atomic mass is 79.9. The van der Waals surface area contributed by atoms with Gasteiger partial charge in [0.1, 0.15) is 11.4 Å². The van der Waals surface area contributed by atoms with E-state index in [0.717, 1.165) is 33.5 Å². The van der Waals surface area contributed by atoms with E-state index < -0.39 is 5.67 Å². The van der Waals surface area contributed by atoms with E-state index in [-0.39, 0.29) is 12.1 Å². The molecular formula is C23H28BrFN2O. The Kier molecular flexibility index (Phi) is 5.17. The fraction of sp³-hybridized carbons (Fsp3) is 0.478. The molecule has 1 saturated carbocycles. The van der Waals surface area contributed by atoms with Crippen LogP contribution in [-0.2, 0) is 6.42 Å². The van der Waals surface area contributed by atoms with Gasteiger partial charge in [-0.1, -0.05) is 28.1 Å². The number of nitrogen functional groups attached to an aromatic ring is 1. The fourth-order valence-electron chi connectivity index (χ4n) is 4.40. The molecule has 1 aliphatic heterocycles. The molecule has 2 atom stereocenters. The molecule has 0 bridgehead atoms. The molecular weight excluding hydrogens is 419 g/mol. The number of ether oxygens (including phenoxy) is 1. The maximum Gasteiger partial charge on any atom is 0.125 e. The summed E-state index contributed by atoms with van der Waals surface area (Å²) in [6, 6.07) is 10.5. The summed E-state index contributed by atoms with van der Waals surface area (Å²) in [6.45, 7) is 7.33. The Balaban J connectivity index is 1.88. The van der Waals surface area contributed by atoms with Crippen LogP contribution in [0.1, 0.15) is 55.0 Å². The maximum absolute atomic E-state index is 14.9. The van der Waals surface area contributed by atoms with Gasteiger partial charge in [0.05, 0.1) is 12.6 Å². The molecule has 1 aliphatic carbocycles. The molecule has 5 heteroatoms. The maximum atomic E-state index is 14.9. The van der Waals surface area contributed by atoms with Crippen molar-refractivity contribution in [2.24, 2.45) is 0 Å². The minimum absolute atomic E-state index is 0.0408. The molecule has 0 aromatic heterocycles. The molecule has 0 radical (unpaired) electrons. The topological polar surface area (TPSA) is 38.5 Å². The van der Waals surface area contributed by atoms with Crippen molar-refractivity contribution in [3.8, 4) is 5.75 Å². The number of fused-ring (bicyclic) bond motifs is 1. The summed E-state index contributed by atoms with van der Waals surface area (Å²) in [5.74, 6) is 0.852. The van der Waals surface area contributed by atoms with Crippen molar-refractivity contribution in [3.63, 3.8) is 0 Å². The highest BCUT2D eigenvalue weighted by molar-refractivity contribution is 9.10. The SMILES string of the molecule is CCOc1cc(Br)ccc1C1c2ccc(N)c(C)c2C[C@@H](C)N1CC1(F)CC1. The van der Waals surface area contributed by atoms with Crippen molar-refractivity contribution in [1.29, 1.82) is 0 Å². The lowest BCUT2D eigenvalue weighted by Gasteiger charge is -2.44. The van der Waals surface area contributed by atoms with Crippen LogP contribution < -0.4 is 10.5 Å². The van der Waals surface area contributed by atoms with Gasteiger partial charge >= 0.3 is 0 Å². The van der Waals surface area contributed by atoms with Gasteiger partial charge in [-0.05, 0) is 74.9 Å². The van der Waals surface area contributed by atoms with Crippen LogP contribution in [-0.4, -0.2) is 29.8 Å². The van der Waals surface area contributed by atoms with Gasteiger partial charge in [0.25, 0.3) is 0 Å². The zero-order valence-corrected chi connectivity index (χ0v) is 18.4. The van der Waals surface area contributed by atoms with Crippen molar-refractivity contribution in [1.82, 2.24) is 4.90 Å². The first-order valence-corrected chi connectivity index (χ1v) is 10.9. The normalized spacial score (nSPS) is 23.3. The molecule has 1 heterocycles. The van der Waals surface area contributed by atoms with E-state index in [2.05, 4.69) is 46.8 Å². The highest BCUT2D eigenvalue weighted by Gasteiger charge is 2.48. The van der Waals surface area contributed by atoms with Crippen molar-refractivity contribution >= 4 is 21.6 Å². The summed E-state index contributed by atoms with van der Waals surface area (Å²) >= 11 is 3.56. The average molecular weight is 447 g/mol. The van der Waals surface area contributed by atoms with Crippen LogP contribution in [0.25, 0.3) is 0 Å². The van der Waals surface area contributed by atoms with E-state index in [1.807, 2.05) is 25.1 Å². The minimum atomic E-state index is -1.05. The first-order chi connectivity index (χ1) is 13.3. The third kappa shape index (κ3) is 3.55. The Bertz CT molecular complexity index is 896. The summed E-state index contributed by atoms with van der Waals surface area (Å²) in [5.41, 5.74) is 10.7. The zero-order chi connectivity index (χ0) is 20.1. The molecule has 1 unspecified atom stereocenters. The predicted molar refractivity (Wildman–Crippen MR) is 116 cm³/mol. The summed E-state index contributed by atoms with van der Waals surface area (Å²) in [7, 11) is 0. The molecule has 2 N–H and O–H groups in total. The van der Waals surface area contributed by atoms with Crippen molar-refractivity contribution in [2.75, 3.05) is 18.9 Å². The second kappa shape index (κ2) is 7.34. The van der Waals surface area contributed by atoms with Crippen LogP contribution in [0.4, 0.5) is 10.1 Å². The number of nitrogens with two attached hydrogens (primary N) is 1. The molecule has 3 nitrogen and oxygen atoms in total. The Hall–Kier alpha value is -1.59. The zero-order valence-electron chi connectivity index (χ0n) is 16.8. The van der Waals surface area contributed by atoms with Crippen LogP contribution in [0.2, 0.25) is 0 Å². The Labute approximate surface area is 175 Å². The number of halogens is 2. The molecule has 150 valence electrons. The summed E-state index contributed by atoms with van der Waals surface area (Å²) in [6.07, 6.45) is 2.21. The molecule has 2 aromatic carbocycles. The number of nitrogens with zero attached hydrogens (tertiary/aromatic N) is 1. The monoisotopic (exact) mass is 446 g/mol. The van der Waals surface area contributed by atoms with E-state index in [1.54, 1.807) is 0 Å².